The second-order valence-corrected chi connectivity index (χ2v) is 8.04. The predicted molar refractivity (Wildman–Crippen MR) is 130 cm³/mol. The number of halogens is 1. The SMILES string of the molecule is CN=C(NCCN(C(C)C)C(C)C)NCC1(c2ccccc2)CCOCC1.I. The number of nitrogens with one attached hydrogen (secondary N) is 2. The lowest BCUT2D eigenvalue weighted by Gasteiger charge is -2.38. The van der Waals surface area contributed by atoms with E-state index in [2.05, 4.69) is 78.6 Å². The first-order valence-corrected chi connectivity index (χ1v) is 10.3. The topological polar surface area (TPSA) is 48.9 Å². The van der Waals surface area contributed by atoms with Crippen LogP contribution in [-0.4, -0.2) is 62.8 Å². The average molecular weight is 502 g/mol. The molecule has 0 unspecified atom stereocenters. The second kappa shape index (κ2) is 12.6. The molecule has 1 aliphatic heterocycles. The number of ether oxygens (including phenoxy) is 1. The third-order valence-corrected chi connectivity index (χ3v) is 5.64. The lowest BCUT2D eigenvalue weighted by Crippen LogP contribution is -2.49. The molecule has 1 aromatic rings. The largest absolute Gasteiger partial charge is 0.381 e. The number of hydrogen-bond acceptors (Lipinski definition) is 3. The van der Waals surface area contributed by atoms with Crippen LogP contribution in [0.2, 0.25) is 0 Å². The monoisotopic (exact) mass is 502 g/mol. The van der Waals surface area contributed by atoms with Crippen LogP contribution < -0.4 is 10.6 Å². The zero-order chi connectivity index (χ0) is 19.7. The van der Waals surface area contributed by atoms with Gasteiger partial charge in [-0.1, -0.05) is 30.3 Å². The number of hydrogen-bond donors (Lipinski definition) is 2. The van der Waals surface area contributed by atoms with E-state index in [-0.39, 0.29) is 29.4 Å². The van der Waals surface area contributed by atoms with Crippen molar-refractivity contribution in [3.8, 4) is 0 Å². The molecule has 1 aromatic carbocycles. The summed E-state index contributed by atoms with van der Waals surface area (Å²) < 4.78 is 5.64. The highest BCUT2D eigenvalue weighted by Crippen LogP contribution is 2.34. The first-order valence-electron chi connectivity index (χ1n) is 10.3. The second-order valence-electron chi connectivity index (χ2n) is 8.04. The Morgan fingerprint density at radius 2 is 1.68 bits per heavy atom. The van der Waals surface area contributed by atoms with Crippen molar-refractivity contribution in [1.82, 2.24) is 15.5 Å². The molecule has 0 amide bonds. The van der Waals surface area contributed by atoms with Gasteiger partial charge in [0.15, 0.2) is 5.96 Å². The molecule has 0 radical (unpaired) electrons. The fourth-order valence-corrected chi connectivity index (χ4v) is 4.01. The smallest absolute Gasteiger partial charge is 0.191 e. The van der Waals surface area contributed by atoms with Gasteiger partial charge in [-0.15, -0.1) is 24.0 Å². The van der Waals surface area contributed by atoms with E-state index < -0.39 is 0 Å². The highest BCUT2D eigenvalue weighted by molar-refractivity contribution is 14.0. The Bertz CT molecular complexity index is 563. The van der Waals surface area contributed by atoms with E-state index in [0.717, 1.165) is 51.6 Å². The highest BCUT2D eigenvalue weighted by Gasteiger charge is 2.34. The fraction of sp³-hybridized carbons (Fsp3) is 0.682. The Kier molecular flexibility index (Phi) is 11.4. The Hall–Kier alpha value is -0.860. The summed E-state index contributed by atoms with van der Waals surface area (Å²) in [6.45, 7) is 13.4. The lowest BCUT2D eigenvalue weighted by molar-refractivity contribution is 0.0514. The Labute approximate surface area is 188 Å². The molecule has 2 rings (SSSR count). The summed E-state index contributed by atoms with van der Waals surface area (Å²) in [5.41, 5.74) is 1.50. The molecule has 0 aliphatic carbocycles. The van der Waals surface area contributed by atoms with Crippen LogP contribution in [0.5, 0.6) is 0 Å². The van der Waals surface area contributed by atoms with Crippen LogP contribution in [0.15, 0.2) is 35.3 Å². The number of nitrogens with zero attached hydrogens (tertiary/aromatic N) is 2. The van der Waals surface area contributed by atoms with Crippen LogP contribution in [-0.2, 0) is 10.2 Å². The molecule has 1 heterocycles. The maximum Gasteiger partial charge on any atom is 0.191 e. The van der Waals surface area contributed by atoms with Gasteiger partial charge in [0.05, 0.1) is 0 Å². The zero-order valence-corrected chi connectivity index (χ0v) is 20.5. The van der Waals surface area contributed by atoms with Crippen molar-refractivity contribution in [3.63, 3.8) is 0 Å². The molecule has 6 heteroatoms. The van der Waals surface area contributed by atoms with E-state index in [0.29, 0.717) is 12.1 Å². The van der Waals surface area contributed by atoms with Crippen LogP contribution in [0.3, 0.4) is 0 Å². The standard InChI is InChI=1S/C22H38N4O.HI/c1-18(2)26(19(3)4)14-13-24-21(23-5)25-17-22(11-15-27-16-12-22)20-9-7-6-8-10-20;/h6-10,18-19H,11-17H2,1-5H3,(H2,23,24,25);1H. The molecule has 0 spiro atoms. The quantitative estimate of drug-likeness (QED) is 0.324. The minimum absolute atomic E-state index is 0. The van der Waals surface area contributed by atoms with Gasteiger partial charge in [-0.25, -0.2) is 0 Å². The minimum atomic E-state index is 0. The first kappa shape index (κ1) is 25.2. The molecule has 28 heavy (non-hydrogen) atoms. The molecule has 1 saturated heterocycles. The van der Waals surface area contributed by atoms with E-state index in [1.54, 1.807) is 0 Å². The average Bonchev–Trinajstić information content (AvgIpc) is 2.68. The maximum absolute atomic E-state index is 5.64. The van der Waals surface area contributed by atoms with Crippen LogP contribution in [0, 0.1) is 0 Å². The Morgan fingerprint density at radius 3 is 2.21 bits per heavy atom. The number of guanidine groups is 1. The number of rotatable bonds is 8. The maximum atomic E-state index is 5.64. The van der Waals surface area contributed by atoms with Crippen molar-refractivity contribution in [2.24, 2.45) is 4.99 Å². The molecule has 2 N–H and O–H groups in total. The molecular formula is C22H39IN4O. The third kappa shape index (κ3) is 7.19. The summed E-state index contributed by atoms with van der Waals surface area (Å²) in [5, 5.41) is 7.06. The summed E-state index contributed by atoms with van der Waals surface area (Å²) in [4.78, 5) is 6.92. The Morgan fingerprint density at radius 1 is 1.07 bits per heavy atom. The molecule has 0 aromatic heterocycles. The highest BCUT2D eigenvalue weighted by atomic mass is 127. The minimum Gasteiger partial charge on any atom is -0.381 e. The van der Waals surface area contributed by atoms with Gasteiger partial charge in [-0.2, -0.15) is 0 Å². The van der Waals surface area contributed by atoms with Gasteiger partial charge in [-0.3, -0.25) is 9.89 Å². The van der Waals surface area contributed by atoms with E-state index in [1.165, 1.54) is 5.56 Å². The van der Waals surface area contributed by atoms with Crippen LogP contribution in [0.4, 0.5) is 0 Å². The van der Waals surface area contributed by atoms with Crippen molar-refractivity contribution in [3.05, 3.63) is 35.9 Å². The van der Waals surface area contributed by atoms with Gasteiger partial charge in [-0.05, 0) is 46.1 Å². The summed E-state index contributed by atoms with van der Waals surface area (Å²) in [5.74, 6) is 0.879. The zero-order valence-electron chi connectivity index (χ0n) is 18.2. The first-order chi connectivity index (χ1) is 13.0. The molecule has 1 aliphatic rings. The molecular weight excluding hydrogens is 463 g/mol. The van der Waals surface area contributed by atoms with E-state index >= 15 is 0 Å². The molecule has 5 nitrogen and oxygen atoms in total. The predicted octanol–water partition coefficient (Wildman–Crippen LogP) is 3.64. The van der Waals surface area contributed by atoms with Crippen LogP contribution in [0.25, 0.3) is 0 Å². The molecule has 0 bridgehead atoms. The summed E-state index contributed by atoms with van der Waals surface area (Å²) in [7, 11) is 1.84. The molecule has 160 valence electrons. The summed E-state index contributed by atoms with van der Waals surface area (Å²) in [6, 6.07) is 11.9. The number of benzene rings is 1. The number of aliphatic imine (C=N–C) groups is 1. The van der Waals surface area contributed by atoms with Crippen molar-refractivity contribution in [1.29, 1.82) is 0 Å². The Balaban J connectivity index is 0.00000392. The van der Waals surface area contributed by atoms with E-state index in [1.807, 2.05) is 7.05 Å². The van der Waals surface area contributed by atoms with Gasteiger partial charge in [0.25, 0.3) is 0 Å². The molecule has 0 atom stereocenters. The van der Waals surface area contributed by atoms with Gasteiger partial charge in [0.2, 0.25) is 0 Å². The molecule has 1 fully saturated rings. The van der Waals surface area contributed by atoms with Crippen molar-refractivity contribution in [2.75, 3.05) is 39.9 Å². The normalized spacial score (nSPS) is 16.9. The van der Waals surface area contributed by atoms with E-state index in [4.69, 9.17) is 4.74 Å². The van der Waals surface area contributed by atoms with Crippen molar-refractivity contribution < 1.29 is 4.74 Å². The fourth-order valence-electron chi connectivity index (χ4n) is 4.01. The van der Waals surface area contributed by atoms with Gasteiger partial charge >= 0.3 is 0 Å². The van der Waals surface area contributed by atoms with Crippen LogP contribution in [0.1, 0.15) is 46.1 Å². The van der Waals surface area contributed by atoms with Gasteiger partial charge in [0, 0.05) is 57.4 Å². The van der Waals surface area contributed by atoms with Gasteiger partial charge in [0.1, 0.15) is 0 Å². The van der Waals surface area contributed by atoms with Gasteiger partial charge < -0.3 is 15.4 Å². The van der Waals surface area contributed by atoms with Crippen LogP contribution >= 0.6 is 24.0 Å². The summed E-state index contributed by atoms with van der Waals surface area (Å²) >= 11 is 0. The molecule has 0 saturated carbocycles. The summed E-state index contributed by atoms with van der Waals surface area (Å²) in [6.07, 6.45) is 2.07. The van der Waals surface area contributed by atoms with E-state index in [9.17, 15) is 0 Å². The van der Waals surface area contributed by atoms with Crippen molar-refractivity contribution in [2.45, 2.75) is 58.0 Å². The third-order valence-electron chi connectivity index (χ3n) is 5.64. The lowest BCUT2D eigenvalue weighted by atomic mass is 9.74. The van der Waals surface area contributed by atoms with Crippen molar-refractivity contribution >= 4 is 29.9 Å².